The molecule has 2 rings (SSSR count). The molecule has 0 aliphatic carbocycles. The molecule has 0 saturated carbocycles. The first-order chi connectivity index (χ1) is 10.6. The van der Waals surface area contributed by atoms with Crippen molar-refractivity contribution < 1.29 is 4.79 Å². The van der Waals surface area contributed by atoms with Crippen LogP contribution in [-0.4, -0.2) is 41.7 Å². The number of hydrogen-bond acceptors (Lipinski definition) is 3. The third-order valence-electron chi connectivity index (χ3n) is 3.97. The zero-order chi connectivity index (χ0) is 15.9. The average molecular weight is 341 g/mol. The van der Waals surface area contributed by atoms with Gasteiger partial charge in [-0.1, -0.05) is 18.5 Å². The van der Waals surface area contributed by atoms with Crippen molar-refractivity contribution in [3.8, 4) is 0 Å². The maximum absolute atomic E-state index is 12.3. The van der Waals surface area contributed by atoms with Crippen LogP contribution in [0.5, 0.6) is 0 Å². The Morgan fingerprint density at radius 1 is 1.36 bits per heavy atom. The topological polar surface area (TPSA) is 32.3 Å². The third kappa shape index (κ3) is 5.49. The Kier molecular flexibility index (Phi) is 7.06. The minimum absolute atomic E-state index is 0.0881. The predicted octanol–water partition coefficient (Wildman–Crippen LogP) is 3.81. The molecule has 1 aromatic rings. The highest BCUT2D eigenvalue weighted by atomic mass is 35.5. The van der Waals surface area contributed by atoms with Crippen LogP contribution in [0.3, 0.4) is 0 Å². The standard InChI is InChI=1S/C17H25ClN2OS/c1-3-10-20-11-8-15(9-12-20)19-17(21)13(2)22-16-6-4-14(18)5-7-16/h4-7,13,15H,3,8-12H2,1-2H3,(H,19,21)/t13-/m0/s1. The summed E-state index contributed by atoms with van der Waals surface area (Å²) in [5.74, 6) is 0.133. The number of carbonyl (C=O) groups is 1. The molecule has 0 radical (unpaired) electrons. The molecule has 1 amide bonds. The van der Waals surface area contributed by atoms with Crippen molar-refractivity contribution in [3.63, 3.8) is 0 Å². The molecule has 1 aromatic carbocycles. The molecule has 1 heterocycles. The summed E-state index contributed by atoms with van der Waals surface area (Å²) in [6.07, 6.45) is 3.32. The average Bonchev–Trinajstić information content (AvgIpc) is 2.51. The number of amides is 1. The smallest absolute Gasteiger partial charge is 0.233 e. The number of thioether (sulfide) groups is 1. The molecule has 1 aliphatic rings. The molecular formula is C17H25ClN2OS. The second-order valence-corrected chi connectivity index (χ2v) is 7.69. The zero-order valence-corrected chi connectivity index (χ0v) is 14.9. The monoisotopic (exact) mass is 340 g/mol. The number of likely N-dealkylation sites (tertiary alicyclic amines) is 1. The lowest BCUT2D eigenvalue weighted by Crippen LogP contribution is -2.46. The predicted molar refractivity (Wildman–Crippen MR) is 94.7 cm³/mol. The van der Waals surface area contributed by atoms with Crippen LogP contribution in [0.4, 0.5) is 0 Å². The third-order valence-corrected chi connectivity index (χ3v) is 5.33. The van der Waals surface area contributed by atoms with Gasteiger partial charge in [0.25, 0.3) is 0 Å². The quantitative estimate of drug-likeness (QED) is 0.799. The summed E-state index contributed by atoms with van der Waals surface area (Å²) in [7, 11) is 0. The first-order valence-electron chi connectivity index (χ1n) is 8.03. The van der Waals surface area contributed by atoms with Crippen LogP contribution in [-0.2, 0) is 4.79 Å². The van der Waals surface area contributed by atoms with Gasteiger partial charge in [-0.3, -0.25) is 4.79 Å². The summed E-state index contributed by atoms with van der Waals surface area (Å²) in [6, 6.07) is 7.96. The fourth-order valence-electron chi connectivity index (χ4n) is 2.71. The number of nitrogens with zero attached hydrogens (tertiary/aromatic N) is 1. The van der Waals surface area contributed by atoms with E-state index in [-0.39, 0.29) is 11.2 Å². The second-order valence-electron chi connectivity index (χ2n) is 5.84. The van der Waals surface area contributed by atoms with E-state index in [1.54, 1.807) is 11.8 Å². The Bertz CT molecular complexity index is 472. The van der Waals surface area contributed by atoms with Gasteiger partial charge in [-0.15, -0.1) is 11.8 Å². The highest BCUT2D eigenvalue weighted by molar-refractivity contribution is 8.00. The molecule has 1 aliphatic heterocycles. The van der Waals surface area contributed by atoms with Gasteiger partial charge in [-0.05, 0) is 57.0 Å². The lowest BCUT2D eigenvalue weighted by molar-refractivity contribution is -0.121. The van der Waals surface area contributed by atoms with Gasteiger partial charge in [0.2, 0.25) is 5.91 Å². The SMILES string of the molecule is CCCN1CCC(NC(=O)[C@H](C)Sc2ccc(Cl)cc2)CC1. The van der Waals surface area contributed by atoms with Gasteiger partial charge in [0.1, 0.15) is 0 Å². The van der Waals surface area contributed by atoms with E-state index in [2.05, 4.69) is 17.1 Å². The Morgan fingerprint density at radius 3 is 2.59 bits per heavy atom. The summed E-state index contributed by atoms with van der Waals surface area (Å²) in [6.45, 7) is 7.53. The summed E-state index contributed by atoms with van der Waals surface area (Å²) < 4.78 is 0. The highest BCUT2D eigenvalue weighted by Gasteiger charge is 2.22. The van der Waals surface area contributed by atoms with E-state index in [0.29, 0.717) is 6.04 Å². The van der Waals surface area contributed by atoms with Crippen LogP contribution in [0.15, 0.2) is 29.2 Å². The molecular weight excluding hydrogens is 316 g/mol. The van der Waals surface area contributed by atoms with Crippen LogP contribution in [0.25, 0.3) is 0 Å². The van der Waals surface area contributed by atoms with Crippen LogP contribution in [0.1, 0.15) is 33.1 Å². The Morgan fingerprint density at radius 2 is 2.00 bits per heavy atom. The van der Waals surface area contributed by atoms with E-state index in [1.807, 2.05) is 31.2 Å². The summed E-state index contributed by atoms with van der Waals surface area (Å²) >= 11 is 7.46. The van der Waals surface area contributed by atoms with Gasteiger partial charge < -0.3 is 10.2 Å². The first kappa shape index (κ1) is 17.6. The van der Waals surface area contributed by atoms with Gasteiger partial charge in [-0.2, -0.15) is 0 Å². The second kappa shape index (κ2) is 8.80. The van der Waals surface area contributed by atoms with Crippen molar-refractivity contribution in [2.24, 2.45) is 0 Å². The van der Waals surface area contributed by atoms with E-state index >= 15 is 0 Å². The largest absolute Gasteiger partial charge is 0.352 e. The minimum Gasteiger partial charge on any atom is -0.352 e. The van der Waals surface area contributed by atoms with Crippen LogP contribution in [0, 0.1) is 0 Å². The number of rotatable bonds is 6. The van der Waals surface area contributed by atoms with E-state index in [9.17, 15) is 4.79 Å². The van der Waals surface area contributed by atoms with Crippen LogP contribution >= 0.6 is 23.4 Å². The molecule has 0 bridgehead atoms. The number of benzene rings is 1. The summed E-state index contributed by atoms with van der Waals surface area (Å²) in [5.41, 5.74) is 0. The van der Waals surface area contributed by atoms with Crippen molar-refractivity contribution in [1.82, 2.24) is 10.2 Å². The van der Waals surface area contributed by atoms with Crippen molar-refractivity contribution in [2.45, 2.75) is 49.3 Å². The van der Waals surface area contributed by atoms with Crippen molar-refractivity contribution in [3.05, 3.63) is 29.3 Å². The van der Waals surface area contributed by atoms with Gasteiger partial charge >= 0.3 is 0 Å². The molecule has 1 atom stereocenters. The molecule has 0 spiro atoms. The van der Waals surface area contributed by atoms with Gasteiger partial charge in [0, 0.05) is 29.0 Å². The van der Waals surface area contributed by atoms with E-state index < -0.39 is 0 Å². The molecule has 22 heavy (non-hydrogen) atoms. The summed E-state index contributed by atoms with van der Waals surface area (Å²) in [5, 5.41) is 3.83. The number of nitrogens with one attached hydrogen (secondary N) is 1. The van der Waals surface area contributed by atoms with Gasteiger partial charge in [0.05, 0.1) is 5.25 Å². The fourth-order valence-corrected chi connectivity index (χ4v) is 3.71. The van der Waals surface area contributed by atoms with Crippen molar-refractivity contribution in [1.29, 1.82) is 0 Å². The first-order valence-corrected chi connectivity index (χ1v) is 9.29. The maximum atomic E-state index is 12.3. The van der Waals surface area contributed by atoms with Crippen LogP contribution in [0.2, 0.25) is 5.02 Å². The molecule has 122 valence electrons. The van der Waals surface area contributed by atoms with E-state index in [1.165, 1.54) is 13.0 Å². The van der Waals surface area contributed by atoms with Crippen molar-refractivity contribution >= 4 is 29.3 Å². The summed E-state index contributed by atoms with van der Waals surface area (Å²) in [4.78, 5) is 15.9. The van der Waals surface area contributed by atoms with Crippen molar-refractivity contribution in [2.75, 3.05) is 19.6 Å². The van der Waals surface area contributed by atoms with E-state index in [4.69, 9.17) is 11.6 Å². The number of halogens is 1. The molecule has 1 N–H and O–H groups in total. The van der Waals surface area contributed by atoms with E-state index in [0.717, 1.165) is 35.8 Å². The van der Waals surface area contributed by atoms with Gasteiger partial charge in [-0.25, -0.2) is 0 Å². The number of piperidine rings is 1. The molecule has 0 unspecified atom stereocenters. The Balaban J connectivity index is 1.76. The maximum Gasteiger partial charge on any atom is 0.233 e. The Hall–Kier alpha value is -0.710. The molecule has 5 heteroatoms. The minimum atomic E-state index is -0.0881. The normalized spacial score (nSPS) is 18.1. The lowest BCUT2D eigenvalue weighted by Gasteiger charge is -2.32. The van der Waals surface area contributed by atoms with Gasteiger partial charge in [0.15, 0.2) is 0 Å². The fraction of sp³-hybridized carbons (Fsp3) is 0.588. The molecule has 1 saturated heterocycles. The number of hydrogen-bond donors (Lipinski definition) is 1. The highest BCUT2D eigenvalue weighted by Crippen LogP contribution is 2.25. The molecule has 1 fully saturated rings. The molecule has 0 aromatic heterocycles. The molecule has 3 nitrogen and oxygen atoms in total. The lowest BCUT2D eigenvalue weighted by atomic mass is 10.0. The zero-order valence-electron chi connectivity index (χ0n) is 13.3. The van der Waals surface area contributed by atoms with Crippen LogP contribution < -0.4 is 5.32 Å². The Labute approximate surface area is 142 Å². The number of carbonyl (C=O) groups excluding carboxylic acids is 1.